The first-order valence-corrected chi connectivity index (χ1v) is 6.99. The Morgan fingerprint density at radius 1 is 1.47 bits per heavy atom. The van der Waals surface area contributed by atoms with Crippen LogP contribution < -0.4 is 10.2 Å². The molecule has 108 valence electrons. The fourth-order valence-corrected chi connectivity index (χ4v) is 2.17. The highest BCUT2D eigenvalue weighted by molar-refractivity contribution is 5.48. The van der Waals surface area contributed by atoms with Crippen LogP contribution in [0.3, 0.4) is 0 Å². The molecule has 0 aliphatic heterocycles. The number of pyridine rings is 1. The van der Waals surface area contributed by atoms with E-state index in [2.05, 4.69) is 42.0 Å². The average Bonchev–Trinajstić information content (AvgIpc) is 2.41. The van der Waals surface area contributed by atoms with E-state index in [-0.39, 0.29) is 0 Å². The van der Waals surface area contributed by atoms with Crippen LogP contribution in [0.4, 0.5) is 5.82 Å². The number of nitrogens with one attached hydrogen (secondary N) is 1. The molecular formula is C15H27N3O. The van der Waals surface area contributed by atoms with Crippen LogP contribution in [0, 0.1) is 6.92 Å². The standard InChI is InChI=1S/C15H27N3O/c1-6-13(3)18(7-8-19-5)15-12(2)9-14(10-16-4)11-17-15/h9,11,13,16H,6-8,10H2,1-5H3. The first-order chi connectivity index (χ1) is 9.13. The topological polar surface area (TPSA) is 37.4 Å². The molecule has 1 heterocycles. The number of rotatable bonds is 8. The number of hydrogen-bond acceptors (Lipinski definition) is 4. The van der Waals surface area contributed by atoms with Gasteiger partial charge < -0.3 is 15.0 Å². The lowest BCUT2D eigenvalue weighted by atomic mass is 10.1. The highest BCUT2D eigenvalue weighted by Crippen LogP contribution is 2.21. The molecule has 19 heavy (non-hydrogen) atoms. The lowest BCUT2D eigenvalue weighted by molar-refractivity contribution is 0.203. The Balaban J connectivity index is 2.94. The zero-order chi connectivity index (χ0) is 14.3. The van der Waals surface area contributed by atoms with Gasteiger partial charge in [0, 0.05) is 32.4 Å². The van der Waals surface area contributed by atoms with Crippen molar-refractivity contribution in [2.24, 2.45) is 0 Å². The summed E-state index contributed by atoms with van der Waals surface area (Å²) in [4.78, 5) is 6.98. The summed E-state index contributed by atoms with van der Waals surface area (Å²) < 4.78 is 5.21. The normalized spacial score (nSPS) is 12.5. The summed E-state index contributed by atoms with van der Waals surface area (Å²) >= 11 is 0. The van der Waals surface area contributed by atoms with Crippen LogP contribution in [-0.4, -0.2) is 38.3 Å². The van der Waals surface area contributed by atoms with E-state index in [0.717, 1.165) is 31.9 Å². The van der Waals surface area contributed by atoms with Crippen molar-refractivity contribution in [1.82, 2.24) is 10.3 Å². The zero-order valence-corrected chi connectivity index (χ0v) is 12.9. The van der Waals surface area contributed by atoms with Gasteiger partial charge in [0.05, 0.1) is 6.61 Å². The molecule has 1 aromatic rings. The van der Waals surface area contributed by atoms with Crippen LogP contribution in [0.15, 0.2) is 12.3 Å². The van der Waals surface area contributed by atoms with Gasteiger partial charge in [0.15, 0.2) is 0 Å². The van der Waals surface area contributed by atoms with Gasteiger partial charge in [-0.2, -0.15) is 0 Å². The monoisotopic (exact) mass is 265 g/mol. The third-order valence-corrected chi connectivity index (χ3v) is 3.42. The Kier molecular flexibility index (Phi) is 6.81. The molecule has 4 heteroatoms. The van der Waals surface area contributed by atoms with E-state index in [9.17, 15) is 0 Å². The largest absolute Gasteiger partial charge is 0.383 e. The molecule has 4 nitrogen and oxygen atoms in total. The smallest absolute Gasteiger partial charge is 0.131 e. The molecule has 0 saturated heterocycles. The van der Waals surface area contributed by atoms with Crippen LogP contribution in [0.2, 0.25) is 0 Å². The summed E-state index contributed by atoms with van der Waals surface area (Å²) in [5, 5.41) is 3.15. The second-order valence-corrected chi connectivity index (χ2v) is 4.96. The maximum Gasteiger partial charge on any atom is 0.131 e. The Morgan fingerprint density at radius 2 is 2.21 bits per heavy atom. The minimum Gasteiger partial charge on any atom is -0.383 e. The third kappa shape index (κ3) is 4.48. The van der Waals surface area contributed by atoms with E-state index in [1.54, 1.807) is 7.11 Å². The van der Waals surface area contributed by atoms with Crippen molar-refractivity contribution in [3.8, 4) is 0 Å². The first-order valence-electron chi connectivity index (χ1n) is 6.99. The third-order valence-electron chi connectivity index (χ3n) is 3.42. The molecule has 0 fully saturated rings. The summed E-state index contributed by atoms with van der Waals surface area (Å²) in [6.07, 6.45) is 3.06. The van der Waals surface area contributed by atoms with Gasteiger partial charge in [-0.25, -0.2) is 4.98 Å². The highest BCUT2D eigenvalue weighted by Gasteiger charge is 2.16. The molecule has 1 N–H and O–H groups in total. The van der Waals surface area contributed by atoms with Crippen LogP contribution >= 0.6 is 0 Å². The van der Waals surface area contributed by atoms with Gasteiger partial charge in [-0.05, 0) is 44.5 Å². The predicted molar refractivity (Wildman–Crippen MR) is 80.7 cm³/mol. The molecule has 0 spiro atoms. The second kappa shape index (κ2) is 8.12. The Bertz CT molecular complexity index is 382. The Morgan fingerprint density at radius 3 is 2.74 bits per heavy atom. The SMILES string of the molecule is CCC(C)N(CCOC)c1ncc(CNC)cc1C. The van der Waals surface area contributed by atoms with Crippen molar-refractivity contribution < 1.29 is 4.74 Å². The molecular weight excluding hydrogens is 238 g/mol. The molecule has 1 atom stereocenters. The molecule has 0 amide bonds. The molecule has 0 bridgehead atoms. The number of nitrogens with zero attached hydrogens (tertiary/aromatic N) is 2. The van der Waals surface area contributed by atoms with E-state index < -0.39 is 0 Å². The summed E-state index contributed by atoms with van der Waals surface area (Å²) in [5.74, 6) is 1.08. The number of anilines is 1. The number of aromatic nitrogens is 1. The number of hydrogen-bond donors (Lipinski definition) is 1. The summed E-state index contributed by atoms with van der Waals surface area (Å²) in [6.45, 7) is 9.03. The number of aryl methyl sites for hydroxylation is 1. The van der Waals surface area contributed by atoms with Crippen LogP contribution in [-0.2, 0) is 11.3 Å². The fraction of sp³-hybridized carbons (Fsp3) is 0.667. The number of ether oxygens (including phenoxy) is 1. The lowest BCUT2D eigenvalue weighted by Gasteiger charge is -2.30. The van der Waals surface area contributed by atoms with Crippen molar-refractivity contribution in [2.45, 2.75) is 39.8 Å². The van der Waals surface area contributed by atoms with Crippen molar-refractivity contribution in [1.29, 1.82) is 0 Å². The maximum absolute atomic E-state index is 5.21. The van der Waals surface area contributed by atoms with E-state index in [0.29, 0.717) is 6.04 Å². The van der Waals surface area contributed by atoms with E-state index in [1.807, 2.05) is 13.2 Å². The van der Waals surface area contributed by atoms with Crippen molar-refractivity contribution in [3.05, 3.63) is 23.4 Å². The van der Waals surface area contributed by atoms with E-state index in [1.165, 1.54) is 11.1 Å². The number of methoxy groups -OCH3 is 1. The predicted octanol–water partition coefficient (Wildman–Crippen LogP) is 2.36. The van der Waals surface area contributed by atoms with Gasteiger partial charge in [0.25, 0.3) is 0 Å². The second-order valence-electron chi connectivity index (χ2n) is 4.96. The molecule has 0 aliphatic rings. The summed E-state index contributed by atoms with van der Waals surface area (Å²) in [7, 11) is 3.69. The Labute approximate surface area is 117 Å². The average molecular weight is 265 g/mol. The minimum atomic E-state index is 0.469. The van der Waals surface area contributed by atoms with Gasteiger partial charge in [0.1, 0.15) is 5.82 Å². The zero-order valence-electron chi connectivity index (χ0n) is 12.9. The maximum atomic E-state index is 5.21. The molecule has 1 unspecified atom stereocenters. The molecule has 0 saturated carbocycles. The molecule has 0 radical (unpaired) electrons. The fourth-order valence-electron chi connectivity index (χ4n) is 2.17. The van der Waals surface area contributed by atoms with Crippen molar-refractivity contribution in [2.75, 3.05) is 32.2 Å². The van der Waals surface area contributed by atoms with Crippen LogP contribution in [0.25, 0.3) is 0 Å². The quantitative estimate of drug-likeness (QED) is 0.783. The highest BCUT2D eigenvalue weighted by atomic mass is 16.5. The van der Waals surface area contributed by atoms with Crippen molar-refractivity contribution in [3.63, 3.8) is 0 Å². The van der Waals surface area contributed by atoms with Gasteiger partial charge in [-0.15, -0.1) is 0 Å². The van der Waals surface area contributed by atoms with Gasteiger partial charge >= 0.3 is 0 Å². The van der Waals surface area contributed by atoms with Crippen LogP contribution in [0.1, 0.15) is 31.4 Å². The van der Waals surface area contributed by atoms with Crippen LogP contribution in [0.5, 0.6) is 0 Å². The van der Waals surface area contributed by atoms with Gasteiger partial charge in [-0.3, -0.25) is 0 Å². The minimum absolute atomic E-state index is 0.469. The molecule has 0 aliphatic carbocycles. The Hall–Kier alpha value is -1.13. The van der Waals surface area contributed by atoms with Gasteiger partial charge in [-0.1, -0.05) is 6.92 Å². The summed E-state index contributed by atoms with van der Waals surface area (Å²) in [5.41, 5.74) is 2.45. The van der Waals surface area contributed by atoms with Gasteiger partial charge in [0.2, 0.25) is 0 Å². The van der Waals surface area contributed by atoms with Crippen molar-refractivity contribution >= 4 is 5.82 Å². The van der Waals surface area contributed by atoms with E-state index in [4.69, 9.17) is 4.74 Å². The first kappa shape index (κ1) is 15.9. The molecule has 1 aromatic heterocycles. The molecule has 0 aromatic carbocycles. The summed E-state index contributed by atoms with van der Waals surface area (Å²) in [6, 6.07) is 2.68. The lowest BCUT2D eigenvalue weighted by Crippen LogP contribution is -2.36. The molecule has 1 rings (SSSR count). The van der Waals surface area contributed by atoms with E-state index >= 15 is 0 Å².